The van der Waals surface area contributed by atoms with Gasteiger partial charge in [-0.05, 0) is 36.9 Å². The highest BCUT2D eigenvalue weighted by molar-refractivity contribution is 5.84. The van der Waals surface area contributed by atoms with Crippen molar-refractivity contribution in [3.63, 3.8) is 0 Å². The summed E-state index contributed by atoms with van der Waals surface area (Å²) in [5, 5.41) is 6.42. The van der Waals surface area contributed by atoms with E-state index in [1.807, 2.05) is 20.8 Å². The van der Waals surface area contributed by atoms with E-state index in [1.165, 1.54) is 18.5 Å². The fourth-order valence-corrected chi connectivity index (χ4v) is 4.13. The van der Waals surface area contributed by atoms with E-state index in [0.29, 0.717) is 25.1 Å². The predicted molar refractivity (Wildman–Crippen MR) is 108 cm³/mol. The van der Waals surface area contributed by atoms with Gasteiger partial charge in [-0.25, -0.2) is 0 Å². The molecule has 0 unspecified atom stereocenters. The third kappa shape index (κ3) is 4.57. The average molecular weight is 423 g/mol. The monoisotopic (exact) mass is 423 g/mol. The van der Waals surface area contributed by atoms with Crippen molar-refractivity contribution >= 4 is 16.9 Å². The van der Waals surface area contributed by atoms with Gasteiger partial charge in [0.2, 0.25) is 5.91 Å². The van der Waals surface area contributed by atoms with Gasteiger partial charge in [0.15, 0.2) is 0 Å². The van der Waals surface area contributed by atoms with Gasteiger partial charge in [0.05, 0.1) is 16.6 Å². The molecule has 0 spiro atoms. The molecule has 2 heterocycles. The number of hydrogen-bond donors (Lipinski definition) is 3. The van der Waals surface area contributed by atoms with Gasteiger partial charge in [0.1, 0.15) is 5.52 Å². The summed E-state index contributed by atoms with van der Waals surface area (Å²) in [4.78, 5) is 21.1. The number of carbonyl (C=O) groups excluding carboxylic acids is 1. The highest BCUT2D eigenvalue weighted by Gasteiger charge is 2.42. The molecule has 3 rings (SSSR count). The number of rotatable bonds is 5. The van der Waals surface area contributed by atoms with Crippen molar-refractivity contribution in [2.75, 3.05) is 19.6 Å². The first kappa shape index (κ1) is 22.4. The van der Waals surface area contributed by atoms with Crippen LogP contribution < -0.4 is 16.4 Å². The van der Waals surface area contributed by atoms with Crippen LogP contribution in [0.5, 0.6) is 0 Å². The topological polar surface area (TPSA) is 92.9 Å². The van der Waals surface area contributed by atoms with Gasteiger partial charge in [0, 0.05) is 30.9 Å². The Hall–Kier alpha value is -2.26. The van der Waals surface area contributed by atoms with Crippen molar-refractivity contribution in [1.82, 2.24) is 20.6 Å². The van der Waals surface area contributed by atoms with Crippen LogP contribution in [0.1, 0.15) is 44.7 Å². The molecule has 164 valence electrons. The summed E-state index contributed by atoms with van der Waals surface area (Å²) >= 11 is 0. The number of carbonyl (C=O) groups is 1. The summed E-state index contributed by atoms with van der Waals surface area (Å²) in [6.07, 6.45) is -1.14. The lowest BCUT2D eigenvalue weighted by Crippen LogP contribution is -2.57. The van der Waals surface area contributed by atoms with E-state index < -0.39 is 17.3 Å². The number of piperidine rings is 1. The molecule has 1 aliphatic rings. The minimum atomic E-state index is -4.55. The fourth-order valence-electron chi connectivity index (χ4n) is 4.13. The maximum atomic E-state index is 13.5. The Bertz CT molecular complexity index is 930. The second-order valence-corrected chi connectivity index (χ2v) is 9.03. The van der Waals surface area contributed by atoms with Crippen LogP contribution in [0.2, 0.25) is 0 Å². The predicted octanol–water partition coefficient (Wildman–Crippen LogP) is 2.96. The molecule has 0 bridgehead atoms. The molecule has 1 aromatic carbocycles. The normalized spacial score (nSPS) is 22.8. The van der Waals surface area contributed by atoms with Gasteiger partial charge < -0.3 is 16.4 Å². The van der Waals surface area contributed by atoms with Crippen LogP contribution in [0.15, 0.2) is 24.5 Å². The van der Waals surface area contributed by atoms with Gasteiger partial charge in [-0.15, -0.1) is 0 Å². The first-order valence-electron chi connectivity index (χ1n) is 10.0. The molecule has 2 aromatic rings. The van der Waals surface area contributed by atoms with Crippen LogP contribution in [0.3, 0.4) is 0 Å². The van der Waals surface area contributed by atoms with E-state index in [9.17, 15) is 18.0 Å². The summed E-state index contributed by atoms with van der Waals surface area (Å²) in [5.41, 5.74) is 4.13. The second kappa shape index (κ2) is 8.11. The highest BCUT2D eigenvalue weighted by atomic mass is 19.4. The van der Waals surface area contributed by atoms with E-state index in [0.717, 1.165) is 12.6 Å². The van der Waals surface area contributed by atoms with Crippen molar-refractivity contribution < 1.29 is 18.0 Å². The molecule has 4 N–H and O–H groups in total. The van der Waals surface area contributed by atoms with Crippen LogP contribution in [0.25, 0.3) is 11.0 Å². The molecule has 1 aromatic heterocycles. The quantitative estimate of drug-likeness (QED) is 0.688. The number of halogens is 3. The third-order valence-corrected chi connectivity index (χ3v) is 5.63. The van der Waals surface area contributed by atoms with Crippen LogP contribution in [-0.2, 0) is 16.5 Å². The Balaban J connectivity index is 2.11. The van der Waals surface area contributed by atoms with Gasteiger partial charge in [-0.2, -0.15) is 13.2 Å². The second-order valence-electron chi connectivity index (χ2n) is 9.03. The zero-order chi connectivity index (χ0) is 22.2. The number of fused-ring (bicyclic) bond motifs is 1. The van der Waals surface area contributed by atoms with E-state index in [4.69, 9.17) is 5.73 Å². The molecule has 1 amide bonds. The maximum Gasteiger partial charge on any atom is 0.418 e. The minimum Gasteiger partial charge on any atom is -0.345 e. The molecule has 0 aliphatic carbocycles. The Morgan fingerprint density at radius 3 is 2.53 bits per heavy atom. The van der Waals surface area contributed by atoms with Crippen molar-refractivity contribution in [1.29, 1.82) is 0 Å². The molecule has 6 nitrogen and oxygen atoms in total. The molecule has 1 aliphatic heterocycles. The number of nitrogens with one attached hydrogen (secondary N) is 2. The van der Waals surface area contributed by atoms with Crippen LogP contribution in [0, 0.1) is 11.3 Å². The molecular weight excluding hydrogens is 395 g/mol. The smallest absolute Gasteiger partial charge is 0.345 e. The van der Waals surface area contributed by atoms with Crippen LogP contribution in [-0.4, -0.2) is 35.5 Å². The lowest BCUT2D eigenvalue weighted by atomic mass is 9.77. The van der Waals surface area contributed by atoms with E-state index in [-0.39, 0.29) is 34.7 Å². The summed E-state index contributed by atoms with van der Waals surface area (Å²) < 4.78 is 40.6. The summed E-state index contributed by atoms with van der Waals surface area (Å²) in [6, 6.07) is 2.46. The molecule has 0 saturated carbocycles. The summed E-state index contributed by atoms with van der Waals surface area (Å²) in [5.74, 6) is 0.00821. The Labute approximate surface area is 173 Å². The molecule has 1 saturated heterocycles. The Morgan fingerprint density at radius 2 is 1.93 bits per heavy atom. The number of alkyl halides is 3. The molecular formula is C21H28F3N5O. The SMILES string of the molecule is C[C@@H]1CNC[C@](NC(=O)CC(C)(C)CN)(c2ccc(C(F)(F)F)c3nccnc23)C1. The molecule has 1 fully saturated rings. The molecule has 2 atom stereocenters. The number of hydrogen-bond acceptors (Lipinski definition) is 5. The first-order valence-corrected chi connectivity index (χ1v) is 10.0. The number of nitrogens with zero attached hydrogens (tertiary/aromatic N) is 2. The van der Waals surface area contributed by atoms with Gasteiger partial charge in [0.25, 0.3) is 0 Å². The van der Waals surface area contributed by atoms with Crippen molar-refractivity contribution in [2.45, 2.75) is 45.3 Å². The van der Waals surface area contributed by atoms with Gasteiger partial charge in [-0.3, -0.25) is 14.8 Å². The lowest BCUT2D eigenvalue weighted by Gasteiger charge is -2.42. The van der Waals surface area contributed by atoms with E-state index in [2.05, 4.69) is 20.6 Å². The third-order valence-electron chi connectivity index (χ3n) is 5.63. The number of nitrogens with two attached hydrogens (primary N) is 1. The van der Waals surface area contributed by atoms with Crippen molar-refractivity contribution in [3.05, 3.63) is 35.7 Å². The van der Waals surface area contributed by atoms with Crippen LogP contribution in [0.4, 0.5) is 13.2 Å². The Morgan fingerprint density at radius 1 is 1.27 bits per heavy atom. The van der Waals surface area contributed by atoms with Gasteiger partial charge >= 0.3 is 6.18 Å². The van der Waals surface area contributed by atoms with Crippen LogP contribution >= 0.6 is 0 Å². The lowest BCUT2D eigenvalue weighted by molar-refractivity contribution is -0.136. The van der Waals surface area contributed by atoms with E-state index >= 15 is 0 Å². The zero-order valence-electron chi connectivity index (χ0n) is 17.4. The highest BCUT2D eigenvalue weighted by Crippen LogP contribution is 2.39. The average Bonchev–Trinajstić information content (AvgIpc) is 2.65. The maximum absolute atomic E-state index is 13.5. The number of amides is 1. The summed E-state index contributed by atoms with van der Waals surface area (Å²) in [6.45, 7) is 7.34. The standard InChI is InChI=1S/C21H28F3N5O/c1-13-8-20(12-26-10-13,29-16(30)9-19(2,3)11-25)14-4-5-15(21(22,23)24)18-17(14)27-6-7-28-18/h4-7,13,26H,8-12,25H2,1-3H3,(H,29,30)/t13-,20-/m0/s1. The molecule has 30 heavy (non-hydrogen) atoms. The van der Waals surface area contributed by atoms with E-state index in [1.54, 1.807) is 0 Å². The first-order chi connectivity index (χ1) is 14.0. The Kier molecular flexibility index (Phi) is 6.06. The zero-order valence-corrected chi connectivity index (χ0v) is 17.4. The molecule has 9 heteroatoms. The largest absolute Gasteiger partial charge is 0.418 e. The number of aromatic nitrogens is 2. The molecule has 0 radical (unpaired) electrons. The minimum absolute atomic E-state index is 0.154. The van der Waals surface area contributed by atoms with Crippen molar-refractivity contribution in [3.8, 4) is 0 Å². The number of benzene rings is 1. The van der Waals surface area contributed by atoms with Crippen molar-refractivity contribution in [2.24, 2.45) is 17.1 Å². The fraction of sp³-hybridized carbons (Fsp3) is 0.571. The van der Waals surface area contributed by atoms with Gasteiger partial charge in [-0.1, -0.05) is 26.8 Å². The summed E-state index contributed by atoms with van der Waals surface area (Å²) in [7, 11) is 0.